The predicted molar refractivity (Wildman–Crippen MR) is 76.5 cm³/mol. The molecule has 0 saturated carbocycles. The molecule has 19 heavy (non-hydrogen) atoms. The number of hydrogen-bond donors (Lipinski definition) is 2. The van der Waals surface area contributed by atoms with Gasteiger partial charge in [0.1, 0.15) is 0 Å². The van der Waals surface area contributed by atoms with E-state index in [4.69, 9.17) is 0 Å². The van der Waals surface area contributed by atoms with E-state index in [-0.39, 0.29) is 0 Å². The standard InChI is InChI=1S/C14H22N2O2S/c1-11-5-3-4-6-14(11)19(17,18)16-10-13-7-8-15-9-12(13)2/h3-6,12-13,15-16H,7-10H2,1-2H3. The lowest BCUT2D eigenvalue weighted by atomic mass is 9.88. The first-order valence-corrected chi connectivity index (χ1v) is 8.25. The van der Waals surface area contributed by atoms with Crippen molar-refractivity contribution in [2.24, 2.45) is 11.8 Å². The molecule has 1 aliphatic rings. The zero-order valence-electron chi connectivity index (χ0n) is 11.5. The Kier molecular flexibility index (Phi) is 4.60. The van der Waals surface area contributed by atoms with Crippen LogP contribution in [0.15, 0.2) is 29.2 Å². The van der Waals surface area contributed by atoms with E-state index in [0.29, 0.717) is 23.3 Å². The number of sulfonamides is 1. The largest absolute Gasteiger partial charge is 0.316 e. The van der Waals surface area contributed by atoms with Gasteiger partial charge in [0.05, 0.1) is 4.90 Å². The first-order valence-electron chi connectivity index (χ1n) is 6.77. The molecule has 0 radical (unpaired) electrons. The van der Waals surface area contributed by atoms with Crippen molar-refractivity contribution in [1.29, 1.82) is 0 Å². The molecule has 1 aromatic rings. The maximum atomic E-state index is 12.3. The lowest BCUT2D eigenvalue weighted by molar-refractivity contribution is 0.274. The molecule has 0 bridgehead atoms. The van der Waals surface area contributed by atoms with Gasteiger partial charge in [-0.1, -0.05) is 25.1 Å². The minimum atomic E-state index is -3.38. The monoisotopic (exact) mass is 282 g/mol. The molecule has 0 aliphatic carbocycles. The van der Waals surface area contributed by atoms with Gasteiger partial charge in [0.15, 0.2) is 0 Å². The SMILES string of the molecule is Cc1ccccc1S(=O)(=O)NCC1CCNCC1C. The molecule has 2 unspecified atom stereocenters. The van der Waals surface area contributed by atoms with Gasteiger partial charge >= 0.3 is 0 Å². The van der Waals surface area contributed by atoms with Crippen LogP contribution in [0.25, 0.3) is 0 Å². The first-order chi connectivity index (χ1) is 9.00. The normalized spacial score (nSPS) is 24.3. The Labute approximate surface area is 115 Å². The van der Waals surface area contributed by atoms with Gasteiger partial charge < -0.3 is 5.32 Å². The van der Waals surface area contributed by atoms with Crippen LogP contribution < -0.4 is 10.0 Å². The van der Waals surface area contributed by atoms with E-state index in [0.717, 1.165) is 25.1 Å². The number of aryl methyl sites for hydroxylation is 1. The van der Waals surface area contributed by atoms with Crippen LogP contribution in [-0.4, -0.2) is 28.1 Å². The summed E-state index contributed by atoms with van der Waals surface area (Å²) in [5.41, 5.74) is 0.786. The summed E-state index contributed by atoms with van der Waals surface area (Å²) in [6, 6.07) is 7.09. The van der Waals surface area contributed by atoms with Gasteiger partial charge in [-0.2, -0.15) is 0 Å². The van der Waals surface area contributed by atoms with Crippen LogP contribution in [-0.2, 0) is 10.0 Å². The van der Waals surface area contributed by atoms with Crippen LogP contribution in [0.4, 0.5) is 0 Å². The Morgan fingerprint density at radius 2 is 2.11 bits per heavy atom. The summed E-state index contributed by atoms with van der Waals surface area (Å²) in [6.45, 7) is 6.46. The molecule has 4 nitrogen and oxygen atoms in total. The number of piperidine rings is 1. The van der Waals surface area contributed by atoms with Crippen LogP contribution in [0.2, 0.25) is 0 Å². The molecule has 0 amide bonds. The van der Waals surface area contributed by atoms with Gasteiger partial charge in [0.2, 0.25) is 10.0 Å². The molecule has 1 aliphatic heterocycles. The highest BCUT2D eigenvalue weighted by atomic mass is 32.2. The minimum Gasteiger partial charge on any atom is -0.316 e. The molecular weight excluding hydrogens is 260 g/mol. The van der Waals surface area contributed by atoms with E-state index in [1.165, 1.54) is 0 Å². The van der Waals surface area contributed by atoms with Gasteiger partial charge in [-0.15, -0.1) is 0 Å². The highest BCUT2D eigenvalue weighted by molar-refractivity contribution is 7.89. The zero-order chi connectivity index (χ0) is 13.9. The summed E-state index contributed by atoms with van der Waals surface area (Å²) < 4.78 is 27.3. The molecule has 2 atom stereocenters. The number of benzene rings is 1. The Morgan fingerprint density at radius 3 is 2.79 bits per heavy atom. The fraction of sp³-hybridized carbons (Fsp3) is 0.571. The van der Waals surface area contributed by atoms with Crippen molar-refractivity contribution >= 4 is 10.0 Å². The lowest BCUT2D eigenvalue weighted by Crippen LogP contribution is -2.41. The lowest BCUT2D eigenvalue weighted by Gasteiger charge is -2.29. The second-order valence-corrected chi connectivity index (χ2v) is 7.08. The molecule has 2 N–H and O–H groups in total. The van der Waals surface area contributed by atoms with E-state index in [1.54, 1.807) is 12.1 Å². The summed E-state index contributed by atoms with van der Waals surface area (Å²) in [7, 11) is -3.38. The van der Waals surface area contributed by atoms with E-state index in [2.05, 4.69) is 17.0 Å². The summed E-state index contributed by atoms with van der Waals surface area (Å²) >= 11 is 0. The van der Waals surface area contributed by atoms with Crippen molar-refractivity contribution in [2.45, 2.75) is 25.2 Å². The molecular formula is C14H22N2O2S. The zero-order valence-corrected chi connectivity index (χ0v) is 12.3. The van der Waals surface area contributed by atoms with Gasteiger partial charge in [-0.05, 0) is 49.9 Å². The van der Waals surface area contributed by atoms with Crippen molar-refractivity contribution in [2.75, 3.05) is 19.6 Å². The molecule has 1 fully saturated rings. The molecule has 0 aromatic heterocycles. The van der Waals surface area contributed by atoms with Gasteiger partial charge in [-0.25, -0.2) is 13.1 Å². The average Bonchev–Trinajstić information content (AvgIpc) is 2.38. The van der Waals surface area contributed by atoms with Crippen LogP contribution in [0, 0.1) is 18.8 Å². The fourth-order valence-electron chi connectivity index (χ4n) is 2.52. The molecule has 1 aromatic carbocycles. The topological polar surface area (TPSA) is 58.2 Å². The second-order valence-electron chi connectivity index (χ2n) is 5.35. The Morgan fingerprint density at radius 1 is 1.37 bits per heavy atom. The summed E-state index contributed by atoms with van der Waals surface area (Å²) in [4.78, 5) is 0.386. The van der Waals surface area contributed by atoms with Crippen LogP contribution >= 0.6 is 0 Å². The van der Waals surface area contributed by atoms with Gasteiger partial charge in [0, 0.05) is 6.54 Å². The Hall–Kier alpha value is -0.910. The molecule has 5 heteroatoms. The van der Waals surface area contributed by atoms with Gasteiger partial charge in [-0.3, -0.25) is 0 Å². The van der Waals surface area contributed by atoms with E-state index in [9.17, 15) is 8.42 Å². The van der Waals surface area contributed by atoms with Crippen molar-refractivity contribution in [1.82, 2.24) is 10.0 Å². The Bertz CT molecular complexity index is 528. The van der Waals surface area contributed by atoms with E-state index in [1.807, 2.05) is 19.1 Å². The third-order valence-electron chi connectivity index (χ3n) is 3.88. The third kappa shape index (κ3) is 3.55. The van der Waals surface area contributed by atoms with Gasteiger partial charge in [0.25, 0.3) is 0 Å². The first kappa shape index (κ1) is 14.5. The smallest absolute Gasteiger partial charge is 0.240 e. The third-order valence-corrected chi connectivity index (χ3v) is 5.47. The van der Waals surface area contributed by atoms with E-state index < -0.39 is 10.0 Å². The average molecular weight is 282 g/mol. The predicted octanol–water partition coefficient (Wildman–Crippen LogP) is 1.52. The fourth-order valence-corrected chi connectivity index (χ4v) is 3.86. The summed E-state index contributed by atoms with van der Waals surface area (Å²) in [5.74, 6) is 0.924. The highest BCUT2D eigenvalue weighted by Crippen LogP contribution is 2.19. The molecule has 0 spiro atoms. The Balaban J connectivity index is 2.04. The van der Waals surface area contributed by atoms with Crippen LogP contribution in [0.5, 0.6) is 0 Å². The molecule has 1 saturated heterocycles. The van der Waals surface area contributed by atoms with Crippen molar-refractivity contribution in [3.8, 4) is 0 Å². The maximum absolute atomic E-state index is 12.3. The minimum absolute atomic E-state index is 0.386. The quantitative estimate of drug-likeness (QED) is 0.880. The molecule has 1 heterocycles. The van der Waals surface area contributed by atoms with Crippen molar-refractivity contribution in [3.63, 3.8) is 0 Å². The van der Waals surface area contributed by atoms with Crippen molar-refractivity contribution < 1.29 is 8.42 Å². The van der Waals surface area contributed by atoms with Crippen LogP contribution in [0.1, 0.15) is 18.9 Å². The second kappa shape index (κ2) is 6.03. The van der Waals surface area contributed by atoms with Crippen LogP contribution in [0.3, 0.4) is 0 Å². The van der Waals surface area contributed by atoms with E-state index >= 15 is 0 Å². The maximum Gasteiger partial charge on any atom is 0.240 e. The summed E-state index contributed by atoms with van der Waals surface area (Å²) in [6.07, 6.45) is 1.03. The highest BCUT2D eigenvalue weighted by Gasteiger charge is 2.24. The van der Waals surface area contributed by atoms with Crippen molar-refractivity contribution in [3.05, 3.63) is 29.8 Å². The number of nitrogens with one attached hydrogen (secondary N) is 2. The summed E-state index contributed by atoms with van der Waals surface area (Å²) in [5, 5.41) is 3.33. The molecule has 2 rings (SSSR count). The molecule has 106 valence electrons. The number of rotatable bonds is 4. The number of hydrogen-bond acceptors (Lipinski definition) is 3.